The predicted molar refractivity (Wildman–Crippen MR) is 91.9 cm³/mol. The molecule has 0 aliphatic rings. The fraction of sp³-hybridized carbons (Fsp3) is 0.412. The molecule has 6 nitrogen and oxygen atoms in total. The lowest BCUT2D eigenvalue weighted by Crippen LogP contribution is -2.35. The highest BCUT2D eigenvalue weighted by molar-refractivity contribution is 6.32. The van der Waals surface area contributed by atoms with Gasteiger partial charge in [0.2, 0.25) is 0 Å². The number of esters is 1. The van der Waals surface area contributed by atoms with Crippen molar-refractivity contribution in [3.8, 4) is 11.5 Å². The zero-order chi connectivity index (χ0) is 18.1. The third kappa shape index (κ3) is 5.45. The van der Waals surface area contributed by atoms with E-state index in [1.165, 1.54) is 32.2 Å². The molecule has 24 heavy (non-hydrogen) atoms. The van der Waals surface area contributed by atoms with Crippen LogP contribution in [0.2, 0.25) is 5.02 Å². The molecule has 0 aliphatic carbocycles. The third-order valence-electron chi connectivity index (χ3n) is 2.99. The first-order valence-corrected chi connectivity index (χ1v) is 7.92. The molecule has 0 aromatic heterocycles. The minimum Gasteiger partial charge on any atom is -0.493 e. The van der Waals surface area contributed by atoms with Gasteiger partial charge in [0, 0.05) is 6.54 Å². The molecule has 0 radical (unpaired) electrons. The van der Waals surface area contributed by atoms with Crippen molar-refractivity contribution in [2.45, 2.75) is 26.4 Å². The summed E-state index contributed by atoms with van der Waals surface area (Å²) in [5, 5.41) is 2.78. The van der Waals surface area contributed by atoms with E-state index in [1.807, 2.05) is 6.92 Å². The number of rotatable bonds is 9. The monoisotopic (exact) mass is 355 g/mol. The van der Waals surface area contributed by atoms with Gasteiger partial charge < -0.3 is 19.5 Å². The molecule has 0 heterocycles. The molecule has 1 atom stereocenters. The Hall–Kier alpha value is -2.21. The van der Waals surface area contributed by atoms with Crippen molar-refractivity contribution in [1.82, 2.24) is 5.32 Å². The smallest absolute Gasteiger partial charge is 0.339 e. The van der Waals surface area contributed by atoms with Crippen molar-refractivity contribution >= 4 is 23.5 Å². The van der Waals surface area contributed by atoms with Gasteiger partial charge in [-0.15, -0.1) is 6.58 Å². The van der Waals surface area contributed by atoms with Crippen LogP contribution in [0.3, 0.4) is 0 Å². The molecule has 0 unspecified atom stereocenters. The van der Waals surface area contributed by atoms with Crippen LogP contribution in [0, 0.1) is 0 Å². The number of hydrogen-bond acceptors (Lipinski definition) is 5. The summed E-state index contributed by atoms with van der Waals surface area (Å²) >= 11 is 6.16. The number of carbonyl (C=O) groups is 2. The highest BCUT2D eigenvalue weighted by Crippen LogP contribution is 2.36. The summed E-state index contributed by atoms with van der Waals surface area (Å²) in [5.74, 6) is -0.399. The van der Waals surface area contributed by atoms with Gasteiger partial charge in [0.25, 0.3) is 5.91 Å². The molecule has 1 amide bonds. The maximum absolute atomic E-state index is 12.2. The SMILES string of the molecule is C=CCNC(=O)[C@H](C)OC(=O)c1cc(Cl)c(OCCC)c(OC)c1. The lowest BCUT2D eigenvalue weighted by atomic mass is 10.2. The molecule has 0 bridgehead atoms. The Bertz CT molecular complexity index is 603. The Morgan fingerprint density at radius 2 is 2.12 bits per heavy atom. The quantitative estimate of drug-likeness (QED) is 0.544. The molecular formula is C17H22ClNO5. The van der Waals surface area contributed by atoms with E-state index in [4.69, 9.17) is 25.8 Å². The van der Waals surface area contributed by atoms with Crippen molar-refractivity contribution in [3.05, 3.63) is 35.4 Å². The summed E-state index contributed by atoms with van der Waals surface area (Å²) in [6.45, 7) is 7.71. The number of methoxy groups -OCH3 is 1. The van der Waals surface area contributed by atoms with Crippen LogP contribution in [0.4, 0.5) is 0 Å². The summed E-state index contributed by atoms with van der Waals surface area (Å²) in [6, 6.07) is 2.89. The fourth-order valence-electron chi connectivity index (χ4n) is 1.78. The topological polar surface area (TPSA) is 73.9 Å². The lowest BCUT2D eigenvalue weighted by Gasteiger charge is -2.15. The maximum Gasteiger partial charge on any atom is 0.339 e. The number of nitrogens with one attached hydrogen (secondary N) is 1. The van der Waals surface area contributed by atoms with Crippen molar-refractivity contribution in [2.75, 3.05) is 20.3 Å². The van der Waals surface area contributed by atoms with Crippen LogP contribution in [0.1, 0.15) is 30.6 Å². The molecule has 0 saturated carbocycles. The number of amides is 1. The Kier molecular flexibility index (Phi) is 8.12. The first kappa shape index (κ1) is 19.8. The number of carbonyl (C=O) groups excluding carboxylic acids is 2. The van der Waals surface area contributed by atoms with E-state index < -0.39 is 18.0 Å². The van der Waals surface area contributed by atoms with Crippen LogP contribution in [0.25, 0.3) is 0 Å². The molecular weight excluding hydrogens is 334 g/mol. The second kappa shape index (κ2) is 9.82. The van der Waals surface area contributed by atoms with Gasteiger partial charge in [-0.2, -0.15) is 0 Å². The maximum atomic E-state index is 12.2. The highest BCUT2D eigenvalue weighted by Gasteiger charge is 2.21. The standard InChI is InChI=1S/C17H22ClNO5/c1-5-7-19-16(20)11(3)24-17(21)12-9-13(18)15(23-8-6-2)14(10-12)22-4/h5,9-11H,1,6-8H2,2-4H3,(H,19,20)/t11-/m0/s1. The highest BCUT2D eigenvalue weighted by atomic mass is 35.5. The van der Waals surface area contributed by atoms with Crippen molar-refractivity contribution in [1.29, 1.82) is 0 Å². The molecule has 0 spiro atoms. The summed E-state index contributed by atoms with van der Waals surface area (Å²) in [6.07, 6.45) is 1.39. The van der Waals surface area contributed by atoms with Crippen LogP contribution < -0.4 is 14.8 Å². The third-order valence-corrected chi connectivity index (χ3v) is 3.27. The average Bonchev–Trinajstić information content (AvgIpc) is 2.57. The van der Waals surface area contributed by atoms with E-state index in [1.54, 1.807) is 0 Å². The van der Waals surface area contributed by atoms with Crippen LogP contribution >= 0.6 is 11.6 Å². The normalized spacial score (nSPS) is 11.3. The Balaban J connectivity index is 2.89. The molecule has 7 heteroatoms. The van der Waals surface area contributed by atoms with Crippen LogP contribution in [0.15, 0.2) is 24.8 Å². The molecule has 0 saturated heterocycles. The van der Waals surface area contributed by atoms with Gasteiger partial charge >= 0.3 is 5.97 Å². The average molecular weight is 356 g/mol. The summed E-state index contributed by atoms with van der Waals surface area (Å²) < 4.78 is 15.9. The molecule has 1 aromatic rings. The number of hydrogen-bond donors (Lipinski definition) is 1. The van der Waals surface area contributed by atoms with E-state index >= 15 is 0 Å². The molecule has 0 fully saturated rings. The van der Waals surface area contributed by atoms with Crippen molar-refractivity contribution in [3.63, 3.8) is 0 Å². The number of ether oxygens (including phenoxy) is 3. The molecule has 1 N–H and O–H groups in total. The molecule has 1 aromatic carbocycles. The summed E-state index contributed by atoms with van der Waals surface area (Å²) in [5.41, 5.74) is 0.170. The van der Waals surface area contributed by atoms with E-state index in [0.717, 1.165) is 6.42 Å². The molecule has 1 rings (SSSR count). The van der Waals surface area contributed by atoms with Gasteiger partial charge in [0.15, 0.2) is 17.6 Å². The zero-order valence-electron chi connectivity index (χ0n) is 14.1. The van der Waals surface area contributed by atoms with Gasteiger partial charge in [-0.3, -0.25) is 4.79 Å². The zero-order valence-corrected chi connectivity index (χ0v) is 14.8. The minimum absolute atomic E-state index is 0.170. The lowest BCUT2D eigenvalue weighted by molar-refractivity contribution is -0.128. The van der Waals surface area contributed by atoms with Gasteiger partial charge in [-0.05, 0) is 25.5 Å². The van der Waals surface area contributed by atoms with Crippen LogP contribution in [-0.2, 0) is 9.53 Å². The van der Waals surface area contributed by atoms with Gasteiger partial charge in [-0.1, -0.05) is 24.6 Å². The first-order chi connectivity index (χ1) is 11.4. The Labute approximate surface area is 146 Å². The van der Waals surface area contributed by atoms with E-state index in [9.17, 15) is 9.59 Å². The van der Waals surface area contributed by atoms with E-state index in [2.05, 4.69) is 11.9 Å². The number of benzene rings is 1. The first-order valence-electron chi connectivity index (χ1n) is 7.54. The fourth-order valence-corrected chi connectivity index (χ4v) is 2.05. The largest absolute Gasteiger partial charge is 0.493 e. The Morgan fingerprint density at radius 1 is 1.42 bits per heavy atom. The summed E-state index contributed by atoms with van der Waals surface area (Å²) in [4.78, 5) is 23.9. The van der Waals surface area contributed by atoms with Gasteiger partial charge in [0.05, 0.1) is 24.3 Å². The summed E-state index contributed by atoms with van der Waals surface area (Å²) in [7, 11) is 1.45. The van der Waals surface area contributed by atoms with Gasteiger partial charge in [-0.25, -0.2) is 4.79 Å². The number of halogens is 1. The second-order valence-electron chi connectivity index (χ2n) is 4.92. The minimum atomic E-state index is -0.946. The van der Waals surface area contributed by atoms with Crippen molar-refractivity contribution in [2.24, 2.45) is 0 Å². The van der Waals surface area contributed by atoms with Gasteiger partial charge in [0.1, 0.15) is 0 Å². The predicted octanol–water partition coefficient (Wildman–Crippen LogP) is 2.98. The molecule has 0 aliphatic heterocycles. The van der Waals surface area contributed by atoms with E-state index in [-0.39, 0.29) is 10.6 Å². The van der Waals surface area contributed by atoms with Crippen molar-refractivity contribution < 1.29 is 23.8 Å². The van der Waals surface area contributed by atoms with Crippen LogP contribution in [-0.4, -0.2) is 38.2 Å². The molecule has 132 valence electrons. The Morgan fingerprint density at radius 3 is 2.71 bits per heavy atom. The second-order valence-corrected chi connectivity index (χ2v) is 5.33. The van der Waals surface area contributed by atoms with E-state index in [0.29, 0.717) is 24.7 Å². The van der Waals surface area contributed by atoms with Crippen LogP contribution in [0.5, 0.6) is 11.5 Å².